The van der Waals surface area contributed by atoms with E-state index in [1.165, 1.54) is 0 Å². The lowest BCUT2D eigenvalue weighted by atomic mass is 9.90. The van der Waals surface area contributed by atoms with Crippen LogP contribution in [0.1, 0.15) is 50.4 Å². The standard InChI is InChI=1S/C36H45N7O2/c1-25-10-14-31(15-11-25)43-33(24-32(40-43)36(2,3)4)39-34(44)37-29-9-7-8-27(23-29)22-26-18-20-42(21-19-26)35(45)38-28-12-16-30(17-13-28)41(5)6/h7-17,23-24,26H,18-22H2,1-6H3,(H,38,45)(H2,37,39,44). The molecule has 4 amide bonds. The van der Waals surface area contributed by atoms with Gasteiger partial charge in [-0.3, -0.25) is 5.32 Å². The van der Waals surface area contributed by atoms with Crippen molar-refractivity contribution in [2.45, 2.75) is 52.4 Å². The monoisotopic (exact) mass is 607 g/mol. The van der Waals surface area contributed by atoms with Crippen LogP contribution in [0.15, 0.2) is 78.9 Å². The number of aryl methyl sites for hydroxylation is 1. The molecular formula is C36H45N7O2. The minimum atomic E-state index is -0.323. The molecule has 9 heteroatoms. The lowest BCUT2D eigenvalue weighted by Gasteiger charge is -2.32. The van der Waals surface area contributed by atoms with Crippen molar-refractivity contribution in [3.8, 4) is 5.69 Å². The molecule has 1 aliphatic heterocycles. The molecule has 9 nitrogen and oxygen atoms in total. The molecule has 1 fully saturated rings. The van der Waals surface area contributed by atoms with Crippen LogP contribution >= 0.6 is 0 Å². The highest BCUT2D eigenvalue weighted by molar-refractivity contribution is 5.99. The Balaban J connectivity index is 1.15. The predicted octanol–water partition coefficient (Wildman–Crippen LogP) is 7.67. The van der Waals surface area contributed by atoms with Crippen LogP contribution in [-0.4, -0.2) is 53.9 Å². The number of anilines is 4. The van der Waals surface area contributed by atoms with Gasteiger partial charge in [-0.1, -0.05) is 50.6 Å². The van der Waals surface area contributed by atoms with E-state index in [2.05, 4.69) is 42.8 Å². The van der Waals surface area contributed by atoms with Gasteiger partial charge in [0.1, 0.15) is 5.82 Å². The number of amides is 4. The predicted molar refractivity (Wildman–Crippen MR) is 184 cm³/mol. The number of carbonyl (C=O) groups excluding carboxylic acids is 2. The van der Waals surface area contributed by atoms with Crippen LogP contribution in [0.25, 0.3) is 5.69 Å². The fraction of sp³-hybridized carbons (Fsp3) is 0.361. The molecule has 0 spiro atoms. The second kappa shape index (κ2) is 13.5. The van der Waals surface area contributed by atoms with E-state index in [-0.39, 0.29) is 17.5 Å². The van der Waals surface area contributed by atoms with Gasteiger partial charge in [-0.05, 0) is 86.2 Å². The molecule has 1 aliphatic rings. The number of carbonyl (C=O) groups is 2. The molecule has 0 aliphatic carbocycles. The molecule has 4 aromatic rings. The van der Waals surface area contributed by atoms with E-state index in [0.29, 0.717) is 11.7 Å². The number of hydrogen-bond donors (Lipinski definition) is 3. The number of nitrogens with zero attached hydrogens (tertiary/aromatic N) is 4. The molecule has 45 heavy (non-hydrogen) atoms. The first-order valence-corrected chi connectivity index (χ1v) is 15.6. The van der Waals surface area contributed by atoms with Gasteiger partial charge in [0.05, 0.1) is 11.4 Å². The maximum absolute atomic E-state index is 13.1. The van der Waals surface area contributed by atoms with Crippen LogP contribution in [0.2, 0.25) is 0 Å². The average Bonchev–Trinajstić information content (AvgIpc) is 3.42. The SMILES string of the molecule is Cc1ccc(-n2nc(C(C)(C)C)cc2NC(=O)Nc2cccc(CC3CCN(C(=O)Nc4ccc(N(C)C)cc4)CC3)c2)cc1. The summed E-state index contributed by atoms with van der Waals surface area (Å²) in [5.41, 5.74) is 6.56. The smallest absolute Gasteiger partial charge is 0.324 e. The Hall–Kier alpha value is -4.79. The highest BCUT2D eigenvalue weighted by atomic mass is 16.2. The summed E-state index contributed by atoms with van der Waals surface area (Å²) in [6.45, 7) is 9.80. The summed E-state index contributed by atoms with van der Waals surface area (Å²) in [6, 6.07) is 25.5. The number of piperidine rings is 1. The first kappa shape index (κ1) is 31.6. The maximum atomic E-state index is 13.1. The summed E-state index contributed by atoms with van der Waals surface area (Å²) in [6.07, 6.45) is 2.77. The largest absolute Gasteiger partial charge is 0.378 e. The van der Waals surface area contributed by atoms with E-state index in [1.807, 2.05) is 104 Å². The molecule has 1 aromatic heterocycles. The van der Waals surface area contributed by atoms with Crippen LogP contribution < -0.4 is 20.9 Å². The number of rotatable bonds is 7. The first-order chi connectivity index (χ1) is 21.4. The summed E-state index contributed by atoms with van der Waals surface area (Å²) < 4.78 is 1.78. The van der Waals surface area contributed by atoms with Crippen molar-refractivity contribution >= 4 is 34.9 Å². The van der Waals surface area contributed by atoms with Crippen molar-refractivity contribution in [3.05, 3.63) is 95.7 Å². The third-order valence-corrected chi connectivity index (χ3v) is 8.24. The fourth-order valence-corrected chi connectivity index (χ4v) is 5.49. The topological polar surface area (TPSA) is 94.5 Å². The Morgan fingerprint density at radius 3 is 2.20 bits per heavy atom. The Labute approximate surface area is 266 Å². The zero-order chi connectivity index (χ0) is 32.1. The molecule has 0 radical (unpaired) electrons. The molecule has 5 rings (SSSR count). The lowest BCUT2D eigenvalue weighted by Crippen LogP contribution is -2.41. The fourth-order valence-electron chi connectivity index (χ4n) is 5.49. The van der Waals surface area contributed by atoms with Gasteiger partial charge < -0.3 is 20.4 Å². The number of aromatic nitrogens is 2. The highest BCUT2D eigenvalue weighted by Crippen LogP contribution is 2.27. The van der Waals surface area contributed by atoms with Crippen LogP contribution in [0.4, 0.5) is 32.5 Å². The number of likely N-dealkylation sites (tertiary alicyclic amines) is 1. The molecule has 0 saturated carbocycles. The molecule has 0 unspecified atom stereocenters. The minimum absolute atomic E-state index is 0.0541. The van der Waals surface area contributed by atoms with Crippen molar-refractivity contribution in [1.29, 1.82) is 0 Å². The zero-order valence-corrected chi connectivity index (χ0v) is 27.2. The number of urea groups is 2. The Morgan fingerprint density at radius 2 is 1.56 bits per heavy atom. The van der Waals surface area contributed by atoms with Gasteiger partial charge in [-0.15, -0.1) is 0 Å². The minimum Gasteiger partial charge on any atom is -0.378 e. The highest BCUT2D eigenvalue weighted by Gasteiger charge is 2.24. The quantitative estimate of drug-likeness (QED) is 0.201. The van der Waals surface area contributed by atoms with Gasteiger partial charge in [-0.2, -0.15) is 5.10 Å². The Kier molecular flexibility index (Phi) is 9.46. The number of hydrogen-bond acceptors (Lipinski definition) is 4. The van der Waals surface area contributed by atoms with E-state index < -0.39 is 0 Å². The summed E-state index contributed by atoms with van der Waals surface area (Å²) in [4.78, 5) is 29.9. The number of benzene rings is 3. The summed E-state index contributed by atoms with van der Waals surface area (Å²) >= 11 is 0. The third-order valence-electron chi connectivity index (χ3n) is 8.24. The van der Waals surface area contributed by atoms with Crippen molar-refractivity contribution in [2.75, 3.05) is 48.0 Å². The summed E-state index contributed by atoms with van der Waals surface area (Å²) in [5, 5.41) is 13.9. The van der Waals surface area contributed by atoms with E-state index in [4.69, 9.17) is 5.10 Å². The molecule has 236 valence electrons. The molecule has 3 N–H and O–H groups in total. The van der Waals surface area contributed by atoms with Gasteiger partial charge in [0.15, 0.2) is 0 Å². The normalized spacial score (nSPS) is 13.8. The van der Waals surface area contributed by atoms with Crippen molar-refractivity contribution < 1.29 is 9.59 Å². The average molecular weight is 608 g/mol. The van der Waals surface area contributed by atoms with Crippen LogP contribution in [-0.2, 0) is 11.8 Å². The summed E-state index contributed by atoms with van der Waals surface area (Å²) in [7, 11) is 3.99. The van der Waals surface area contributed by atoms with Crippen LogP contribution in [0.5, 0.6) is 0 Å². The van der Waals surface area contributed by atoms with Gasteiger partial charge in [0.2, 0.25) is 0 Å². The van der Waals surface area contributed by atoms with E-state index in [0.717, 1.165) is 71.9 Å². The van der Waals surface area contributed by atoms with E-state index in [1.54, 1.807) is 4.68 Å². The number of nitrogens with one attached hydrogen (secondary N) is 3. The van der Waals surface area contributed by atoms with Crippen molar-refractivity contribution in [3.63, 3.8) is 0 Å². The molecule has 2 heterocycles. The summed E-state index contributed by atoms with van der Waals surface area (Å²) in [5.74, 6) is 1.08. The van der Waals surface area contributed by atoms with E-state index >= 15 is 0 Å². The van der Waals surface area contributed by atoms with Crippen LogP contribution in [0.3, 0.4) is 0 Å². The molecule has 3 aromatic carbocycles. The Morgan fingerprint density at radius 1 is 0.867 bits per heavy atom. The van der Waals surface area contributed by atoms with Gasteiger partial charge in [-0.25, -0.2) is 14.3 Å². The van der Waals surface area contributed by atoms with Crippen molar-refractivity contribution in [2.24, 2.45) is 5.92 Å². The van der Waals surface area contributed by atoms with Gasteiger partial charge in [0.25, 0.3) is 0 Å². The Bertz CT molecular complexity index is 1610. The van der Waals surface area contributed by atoms with Crippen LogP contribution in [0, 0.1) is 12.8 Å². The van der Waals surface area contributed by atoms with E-state index in [9.17, 15) is 9.59 Å². The second-order valence-corrected chi connectivity index (χ2v) is 13.2. The molecule has 1 saturated heterocycles. The maximum Gasteiger partial charge on any atom is 0.324 e. The van der Waals surface area contributed by atoms with Crippen molar-refractivity contribution in [1.82, 2.24) is 14.7 Å². The second-order valence-electron chi connectivity index (χ2n) is 13.2. The van der Waals surface area contributed by atoms with Gasteiger partial charge in [0, 0.05) is 55.7 Å². The third kappa shape index (κ3) is 8.23. The zero-order valence-electron chi connectivity index (χ0n) is 27.2. The van der Waals surface area contributed by atoms with Gasteiger partial charge >= 0.3 is 12.1 Å². The first-order valence-electron chi connectivity index (χ1n) is 15.6. The molecule has 0 bridgehead atoms. The molecular weight excluding hydrogens is 562 g/mol. The molecule has 0 atom stereocenters. The lowest BCUT2D eigenvalue weighted by molar-refractivity contribution is 0.182.